The molecule has 0 bridgehead atoms. The second-order valence-corrected chi connectivity index (χ2v) is 3.49. The quantitative estimate of drug-likeness (QED) is 0.671. The minimum absolute atomic E-state index is 0.905. The maximum Gasteiger partial charge on any atom is -0.00494 e. The van der Waals surface area contributed by atoms with E-state index in [9.17, 15) is 0 Å². The molecule has 1 N–H and O–H groups in total. The molecule has 0 fully saturated rings. The van der Waals surface area contributed by atoms with Crippen LogP contribution in [0.2, 0.25) is 0 Å². The van der Waals surface area contributed by atoms with E-state index < -0.39 is 0 Å². The van der Waals surface area contributed by atoms with Crippen molar-refractivity contribution in [2.75, 3.05) is 13.6 Å². The van der Waals surface area contributed by atoms with Gasteiger partial charge in [-0.25, -0.2) is 0 Å². The predicted octanol–water partition coefficient (Wildman–Crippen LogP) is 3.45. The monoisotopic (exact) mass is 173 g/mol. The van der Waals surface area contributed by atoms with Crippen LogP contribution >= 0.6 is 0 Å². The van der Waals surface area contributed by atoms with Crippen molar-refractivity contribution in [2.24, 2.45) is 5.92 Å². The molecule has 1 unspecified atom stereocenters. The Bertz CT molecular complexity index is 62.0. The zero-order valence-corrected chi connectivity index (χ0v) is 9.61. The maximum atomic E-state index is 3.16. The van der Waals surface area contributed by atoms with Gasteiger partial charge in [-0.1, -0.05) is 47.0 Å². The van der Waals surface area contributed by atoms with Crippen LogP contribution in [0.4, 0.5) is 0 Å². The average Bonchev–Trinajstić information content (AvgIpc) is 2.03. The molecule has 0 radical (unpaired) electrons. The Morgan fingerprint density at radius 1 is 1.08 bits per heavy atom. The molecule has 76 valence electrons. The number of hydrogen-bond acceptors (Lipinski definition) is 1. The molecular formula is C11H27N. The van der Waals surface area contributed by atoms with Crippen molar-refractivity contribution in [3.63, 3.8) is 0 Å². The Hall–Kier alpha value is -0.0400. The Morgan fingerprint density at radius 3 is 1.92 bits per heavy atom. The normalized spacial score (nSPS) is 11.8. The summed E-state index contributed by atoms with van der Waals surface area (Å²) in [5, 5.41) is 3.16. The van der Waals surface area contributed by atoms with E-state index in [1.54, 1.807) is 0 Å². The summed E-state index contributed by atoms with van der Waals surface area (Å²) < 4.78 is 0. The lowest BCUT2D eigenvalue weighted by atomic mass is 10.0. The van der Waals surface area contributed by atoms with E-state index >= 15 is 0 Å². The molecule has 0 aromatic rings. The van der Waals surface area contributed by atoms with Crippen molar-refractivity contribution < 1.29 is 0 Å². The second-order valence-electron chi connectivity index (χ2n) is 3.49. The van der Waals surface area contributed by atoms with Gasteiger partial charge in [-0.15, -0.1) is 0 Å². The molecular weight excluding hydrogens is 146 g/mol. The Labute approximate surface area is 78.9 Å². The summed E-state index contributed by atoms with van der Waals surface area (Å²) in [6.07, 6.45) is 5.27. The third-order valence-corrected chi connectivity index (χ3v) is 1.67. The summed E-state index contributed by atoms with van der Waals surface area (Å²) in [5.74, 6) is 0.905. The molecule has 0 rings (SSSR count). The molecule has 0 aliphatic heterocycles. The Balaban J connectivity index is 0. The zero-order valence-electron chi connectivity index (χ0n) is 9.61. The third-order valence-electron chi connectivity index (χ3n) is 1.67. The molecule has 0 amide bonds. The maximum absolute atomic E-state index is 3.16. The lowest BCUT2D eigenvalue weighted by Crippen LogP contribution is -2.11. The molecule has 0 aromatic heterocycles. The molecule has 0 aliphatic carbocycles. The zero-order chi connectivity index (χ0) is 9.82. The van der Waals surface area contributed by atoms with E-state index in [0.29, 0.717) is 0 Å². The molecule has 0 heterocycles. The van der Waals surface area contributed by atoms with Gasteiger partial charge < -0.3 is 5.32 Å². The molecule has 0 saturated carbocycles. The first-order chi connectivity index (χ1) is 5.72. The van der Waals surface area contributed by atoms with Crippen LogP contribution in [0, 0.1) is 5.92 Å². The largest absolute Gasteiger partial charge is 0.320 e. The fourth-order valence-electron chi connectivity index (χ4n) is 1.03. The van der Waals surface area contributed by atoms with Crippen LogP contribution in [0.3, 0.4) is 0 Å². The summed E-state index contributed by atoms with van der Waals surface area (Å²) in [5.41, 5.74) is 0. The van der Waals surface area contributed by atoms with Gasteiger partial charge in [-0.3, -0.25) is 0 Å². The van der Waals surface area contributed by atoms with Crippen molar-refractivity contribution in [3.05, 3.63) is 0 Å². The number of nitrogens with one attached hydrogen (secondary N) is 1. The molecule has 0 aliphatic rings. The van der Waals surface area contributed by atoms with Crippen LogP contribution < -0.4 is 5.32 Å². The van der Waals surface area contributed by atoms with Gasteiger partial charge in [0.2, 0.25) is 0 Å². The highest BCUT2D eigenvalue weighted by atomic mass is 14.8. The van der Waals surface area contributed by atoms with E-state index in [4.69, 9.17) is 0 Å². The van der Waals surface area contributed by atoms with Crippen LogP contribution in [0.1, 0.15) is 53.4 Å². The summed E-state index contributed by atoms with van der Waals surface area (Å²) in [6.45, 7) is 9.98. The standard InChI is InChI=1S/C8H19N.C3H8/c1-4-5-8(2)6-7-9-3;1-3-2/h8-9H,4-7H2,1-3H3;3H2,1-2H3. The topological polar surface area (TPSA) is 12.0 Å². The van der Waals surface area contributed by atoms with Crippen LogP contribution in [0.25, 0.3) is 0 Å². The first-order valence-electron chi connectivity index (χ1n) is 5.37. The van der Waals surface area contributed by atoms with Crippen molar-refractivity contribution in [3.8, 4) is 0 Å². The highest BCUT2D eigenvalue weighted by Gasteiger charge is 1.97. The molecule has 0 aromatic carbocycles. The fourth-order valence-corrected chi connectivity index (χ4v) is 1.03. The number of hydrogen-bond donors (Lipinski definition) is 1. The first kappa shape index (κ1) is 14.5. The van der Waals surface area contributed by atoms with Gasteiger partial charge in [-0.05, 0) is 25.9 Å². The van der Waals surface area contributed by atoms with E-state index in [-0.39, 0.29) is 0 Å². The molecule has 0 saturated heterocycles. The lowest BCUT2D eigenvalue weighted by molar-refractivity contribution is 0.476. The van der Waals surface area contributed by atoms with E-state index in [1.807, 2.05) is 7.05 Å². The molecule has 1 nitrogen and oxygen atoms in total. The van der Waals surface area contributed by atoms with E-state index in [0.717, 1.165) is 5.92 Å². The lowest BCUT2D eigenvalue weighted by Gasteiger charge is -2.07. The van der Waals surface area contributed by atoms with Gasteiger partial charge in [-0.2, -0.15) is 0 Å². The summed E-state index contributed by atoms with van der Waals surface area (Å²) in [7, 11) is 2.01. The van der Waals surface area contributed by atoms with Gasteiger partial charge in [0, 0.05) is 0 Å². The smallest absolute Gasteiger partial charge is 0.00494 e. The molecule has 1 atom stereocenters. The first-order valence-corrected chi connectivity index (χ1v) is 5.37. The molecule has 1 heteroatoms. The van der Waals surface area contributed by atoms with Gasteiger partial charge in [0.05, 0.1) is 0 Å². The van der Waals surface area contributed by atoms with Gasteiger partial charge in [0.15, 0.2) is 0 Å². The van der Waals surface area contributed by atoms with Crippen molar-refractivity contribution in [1.82, 2.24) is 5.32 Å². The number of rotatable bonds is 5. The van der Waals surface area contributed by atoms with Crippen LogP contribution in [-0.4, -0.2) is 13.6 Å². The Morgan fingerprint density at radius 2 is 1.58 bits per heavy atom. The average molecular weight is 173 g/mol. The van der Waals surface area contributed by atoms with Crippen LogP contribution in [-0.2, 0) is 0 Å². The second kappa shape index (κ2) is 13.5. The third kappa shape index (κ3) is 16.5. The van der Waals surface area contributed by atoms with Gasteiger partial charge in [0.25, 0.3) is 0 Å². The van der Waals surface area contributed by atoms with E-state index in [2.05, 4.69) is 33.0 Å². The van der Waals surface area contributed by atoms with E-state index in [1.165, 1.54) is 32.2 Å². The summed E-state index contributed by atoms with van der Waals surface area (Å²) >= 11 is 0. The highest BCUT2D eigenvalue weighted by Crippen LogP contribution is 2.07. The molecule has 12 heavy (non-hydrogen) atoms. The van der Waals surface area contributed by atoms with Crippen molar-refractivity contribution in [1.29, 1.82) is 0 Å². The molecule has 0 spiro atoms. The minimum atomic E-state index is 0.905. The minimum Gasteiger partial charge on any atom is -0.320 e. The van der Waals surface area contributed by atoms with Gasteiger partial charge in [0.1, 0.15) is 0 Å². The van der Waals surface area contributed by atoms with Crippen molar-refractivity contribution >= 4 is 0 Å². The van der Waals surface area contributed by atoms with Crippen LogP contribution in [0.15, 0.2) is 0 Å². The predicted molar refractivity (Wildman–Crippen MR) is 58.6 cm³/mol. The fraction of sp³-hybridized carbons (Fsp3) is 1.00. The highest BCUT2D eigenvalue weighted by molar-refractivity contribution is 4.52. The van der Waals surface area contributed by atoms with Crippen molar-refractivity contribution in [2.45, 2.75) is 53.4 Å². The summed E-state index contributed by atoms with van der Waals surface area (Å²) in [4.78, 5) is 0. The van der Waals surface area contributed by atoms with Crippen LogP contribution in [0.5, 0.6) is 0 Å². The summed E-state index contributed by atoms with van der Waals surface area (Å²) in [6, 6.07) is 0. The van der Waals surface area contributed by atoms with Gasteiger partial charge >= 0.3 is 0 Å². The SMILES string of the molecule is CCC.CCCC(C)CCNC. The Kier molecular flexibility index (Phi) is 16.3.